The topological polar surface area (TPSA) is 49.1 Å². The van der Waals surface area contributed by atoms with E-state index in [-0.39, 0.29) is 11.3 Å². The maximum atomic E-state index is 5.59. The molecule has 0 saturated heterocycles. The number of hydrogen-bond acceptors (Lipinski definition) is 4. The van der Waals surface area contributed by atoms with Crippen LogP contribution in [-0.2, 0) is 0 Å². The van der Waals surface area contributed by atoms with Gasteiger partial charge in [-0.05, 0) is 11.6 Å². The van der Waals surface area contributed by atoms with E-state index in [0.717, 1.165) is 0 Å². The minimum Gasteiger partial charge on any atom is -0.316 e. The molecule has 0 spiro atoms. The van der Waals surface area contributed by atoms with Crippen LogP contribution in [0.4, 0.5) is 0 Å². The molecule has 0 amide bonds. The number of fused-ring (bicyclic) bond motifs is 1. The standard InChI is InChI=1S/C5H3ClN4S/c6-5-9-3-2(4(11)10-5)7-1-8-3/h1-2H,(H,7,8,9,10,11). The van der Waals surface area contributed by atoms with E-state index in [1.54, 1.807) is 0 Å². The fourth-order valence-electron chi connectivity index (χ4n) is 0.876. The van der Waals surface area contributed by atoms with Gasteiger partial charge in [-0.25, -0.2) is 9.98 Å². The Morgan fingerprint density at radius 1 is 1.64 bits per heavy atom. The van der Waals surface area contributed by atoms with Gasteiger partial charge in [-0.15, -0.1) is 0 Å². The average Bonchev–Trinajstić information content (AvgIpc) is 2.34. The molecule has 1 N–H and O–H groups in total. The molecule has 11 heavy (non-hydrogen) atoms. The number of nitrogens with zero attached hydrogens (tertiary/aromatic N) is 3. The third-order valence-electron chi connectivity index (χ3n) is 1.35. The summed E-state index contributed by atoms with van der Waals surface area (Å²) in [4.78, 5) is 12.2. The zero-order valence-corrected chi connectivity index (χ0v) is 6.85. The number of hydrogen-bond donors (Lipinski definition) is 1. The molecule has 2 rings (SSSR count). The molecule has 4 nitrogen and oxygen atoms in total. The Hall–Kier alpha value is -0.810. The van der Waals surface area contributed by atoms with Gasteiger partial charge in [0.1, 0.15) is 17.2 Å². The first-order valence-corrected chi connectivity index (χ1v) is 3.70. The molecule has 2 aliphatic heterocycles. The third-order valence-corrected chi connectivity index (χ3v) is 1.84. The van der Waals surface area contributed by atoms with Crippen LogP contribution in [0.25, 0.3) is 0 Å². The summed E-state index contributed by atoms with van der Waals surface area (Å²) >= 11 is 10.5. The van der Waals surface area contributed by atoms with Gasteiger partial charge in [-0.3, -0.25) is 4.99 Å². The highest BCUT2D eigenvalue weighted by atomic mass is 35.5. The highest BCUT2D eigenvalue weighted by molar-refractivity contribution is 7.80. The quantitative estimate of drug-likeness (QED) is 0.438. The lowest BCUT2D eigenvalue weighted by atomic mass is 10.2. The monoisotopic (exact) mass is 186 g/mol. The summed E-state index contributed by atoms with van der Waals surface area (Å²) in [5, 5.41) is 3.02. The van der Waals surface area contributed by atoms with Crippen molar-refractivity contribution in [1.82, 2.24) is 5.32 Å². The first-order valence-electron chi connectivity index (χ1n) is 2.92. The van der Waals surface area contributed by atoms with E-state index in [1.165, 1.54) is 6.34 Å². The summed E-state index contributed by atoms with van der Waals surface area (Å²) in [6.07, 6.45) is 1.45. The van der Waals surface area contributed by atoms with Crippen molar-refractivity contribution in [2.45, 2.75) is 6.04 Å². The summed E-state index contributed by atoms with van der Waals surface area (Å²) in [6, 6.07) is -0.215. The summed E-state index contributed by atoms with van der Waals surface area (Å²) in [5.41, 5.74) is 0. The molecule has 0 saturated carbocycles. The summed E-state index contributed by atoms with van der Waals surface area (Å²) in [7, 11) is 0. The lowest BCUT2D eigenvalue weighted by Crippen LogP contribution is -2.42. The van der Waals surface area contributed by atoms with Crippen molar-refractivity contribution in [1.29, 1.82) is 0 Å². The highest BCUT2D eigenvalue weighted by Crippen LogP contribution is 2.09. The van der Waals surface area contributed by atoms with Gasteiger partial charge in [-0.2, -0.15) is 0 Å². The lowest BCUT2D eigenvalue weighted by Gasteiger charge is -2.15. The first-order chi connectivity index (χ1) is 5.27. The van der Waals surface area contributed by atoms with Gasteiger partial charge in [-0.1, -0.05) is 12.2 Å². The third kappa shape index (κ3) is 1.06. The Morgan fingerprint density at radius 3 is 3.27 bits per heavy atom. The maximum Gasteiger partial charge on any atom is 0.202 e. The SMILES string of the molecule is S=C1N=C(Cl)NC2=NC=NC12. The van der Waals surface area contributed by atoms with Crippen LogP contribution in [0.15, 0.2) is 15.0 Å². The number of nitrogens with one attached hydrogen (secondary N) is 1. The number of rotatable bonds is 0. The van der Waals surface area contributed by atoms with Crippen molar-refractivity contribution in [3.8, 4) is 0 Å². The molecule has 0 aromatic heterocycles. The van der Waals surface area contributed by atoms with Crippen LogP contribution < -0.4 is 5.32 Å². The van der Waals surface area contributed by atoms with E-state index < -0.39 is 0 Å². The Bertz CT molecular complexity index is 306. The molecule has 0 aromatic rings. The van der Waals surface area contributed by atoms with Gasteiger partial charge < -0.3 is 5.32 Å². The lowest BCUT2D eigenvalue weighted by molar-refractivity contribution is 1.10. The summed E-state index contributed by atoms with van der Waals surface area (Å²) in [5.74, 6) is 0.662. The minimum atomic E-state index is -0.215. The first kappa shape index (κ1) is 6.87. The minimum absolute atomic E-state index is 0.215. The molecular formula is C5H3ClN4S. The van der Waals surface area contributed by atoms with Crippen LogP contribution in [0.1, 0.15) is 0 Å². The van der Waals surface area contributed by atoms with E-state index in [1.807, 2.05) is 0 Å². The van der Waals surface area contributed by atoms with E-state index in [2.05, 4.69) is 20.3 Å². The molecule has 6 heteroatoms. The number of thiocarbonyl (C=S) groups is 1. The Kier molecular flexibility index (Phi) is 1.47. The second kappa shape index (κ2) is 2.35. The van der Waals surface area contributed by atoms with Gasteiger partial charge in [0, 0.05) is 0 Å². The Morgan fingerprint density at radius 2 is 2.45 bits per heavy atom. The summed E-state index contributed by atoms with van der Waals surface area (Å²) < 4.78 is 0. The van der Waals surface area contributed by atoms with Crippen molar-refractivity contribution in [3.05, 3.63) is 0 Å². The van der Waals surface area contributed by atoms with E-state index >= 15 is 0 Å². The summed E-state index contributed by atoms with van der Waals surface area (Å²) in [6.45, 7) is 0. The molecule has 2 aliphatic rings. The predicted molar refractivity (Wildman–Crippen MR) is 48.7 cm³/mol. The largest absolute Gasteiger partial charge is 0.316 e. The average molecular weight is 187 g/mol. The van der Waals surface area contributed by atoms with Gasteiger partial charge in [0.05, 0.1) is 0 Å². The second-order valence-electron chi connectivity index (χ2n) is 2.05. The van der Waals surface area contributed by atoms with Gasteiger partial charge in [0.25, 0.3) is 0 Å². The van der Waals surface area contributed by atoms with Crippen molar-refractivity contribution < 1.29 is 0 Å². The fraction of sp³-hybridized carbons (Fsp3) is 0.200. The molecule has 0 aliphatic carbocycles. The second-order valence-corrected chi connectivity index (χ2v) is 2.82. The zero-order valence-electron chi connectivity index (χ0n) is 5.28. The molecule has 0 radical (unpaired) electrons. The van der Waals surface area contributed by atoms with Gasteiger partial charge >= 0.3 is 0 Å². The predicted octanol–water partition coefficient (Wildman–Crippen LogP) is 0.321. The Labute approximate surface area is 73.1 Å². The van der Waals surface area contributed by atoms with E-state index in [0.29, 0.717) is 10.8 Å². The Balaban J connectivity index is 2.39. The van der Waals surface area contributed by atoms with E-state index in [9.17, 15) is 0 Å². The number of amidine groups is 2. The zero-order chi connectivity index (χ0) is 7.84. The van der Waals surface area contributed by atoms with Crippen molar-refractivity contribution in [2.75, 3.05) is 0 Å². The van der Waals surface area contributed by atoms with Crippen molar-refractivity contribution >= 4 is 46.3 Å². The molecule has 1 unspecified atom stereocenters. The van der Waals surface area contributed by atoms with Crippen LogP contribution in [0, 0.1) is 0 Å². The van der Waals surface area contributed by atoms with Crippen LogP contribution in [-0.4, -0.2) is 28.5 Å². The molecule has 0 aromatic carbocycles. The van der Waals surface area contributed by atoms with Crippen LogP contribution in [0.3, 0.4) is 0 Å². The number of halogens is 1. The highest BCUT2D eigenvalue weighted by Gasteiger charge is 2.27. The molecule has 2 heterocycles. The van der Waals surface area contributed by atoms with Crippen LogP contribution in [0.2, 0.25) is 0 Å². The normalized spacial score (nSPS) is 27.4. The molecular weight excluding hydrogens is 184 g/mol. The molecule has 0 fully saturated rings. The molecule has 0 bridgehead atoms. The van der Waals surface area contributed by atoms with Crippen LogP contribution in [0.5, 0.6) is 0 Å². The molecule has 56 valence electrons. The fourth-order valence-corrected chi connectivity index (χ4v) is 1.38. The smallest absolute Gasteiger partial charge is 0.202 e. The van der Waals surface area contributed by atoms with Crippen LogP contribution >= 0.6 is 23.8 Å². The number of aliphatic imine (C=N–C) groups is 3. The van der Waals surface area contributed by atoms with Crippen molar-refractivity contribution in [2.24, 2.45) is 15.0 Å². The maximum absolute atomic E-state index is 5.59. The van der Waals surface area contributed by atoms with Crippen molar-refractivity contribution in [3.63, 3.8) is 0 Å². The van der Waals surface area contributed by atoms with Gasteiger partial charge in [0.15, 0.2) is 6.04 Å². The van der Waals surface area contributed by atoms with Gasteiger partial charge in [0.2, 0.25) is 5.29 Å². The molecule has 1 atom stereocenters. The van der Waals surface area contributed by atoms with E-state index in [4.69, 9.17) is 23.8 Å².